The predicted octanol–water partition coefficient (Wildman–Crippen LogP) is 10.4. The highest BCUT2D eigenvalue weighted by molar-refractivity contribution is 8.13. The summed E-state index contributed by atoms with van der Waals surface area (Å²) < 4.78 is 93.6. The molecule has 0 aromatic carbocycles. The van der Waals surface area contributed by atoms with Crippen LogP contribution in [0.4, 0.5) is 46.3 Å². The van der Waals surface area contributed by atoms with Gasteiger partial charge in [-0.1, -0.05) is 27.6 Å². The maximum Gasteiger partial charge on any atom is 0.519 e. The number of hydrogen-bond acceptors (Lipinski definition) is 22. The molecule has 0 saturated carbocycles. The Morgan fingerprint density at radius 1 is 0.573 bits per heavy atom. The van der Waals surface area contributed by atoms with Crippen molar-refractivity contribution in [2.75, 3.05) is 61.1 Å². The van der Waals surface area contributed by atoms with E-state index in [1.54, 1.807) is 165 Å². The average molecular weight is 1230 g/mol. The minimum atomic E-state index is -3.49. The second-order valence-electron chi connectivity index (χ2n) is 19.8. The van der Waals surface area contributed by atoms with E-state index >= 15 is 0 Å². The zero-order chi connectivity index (χ0) is 66.0. The minimum Gasteiger partial charge on any atom is -0.444 e. The van der Waals surface area contributed by atoms with Crippen LogP contribution in [-0.4, -0.2) is 133 Å². The number of anilines is 4. The fourth-order valence-electron chi connectivity index (χ4n) is 4.87. The Labute approximate surface area is 492 Å². The lowest BCUT2D eigenvalue weighted by atomic mass is 10.2. The van der Waals surface area contributed by atoms with Gasteiger partial charge in [0.25, 0.3) is 10.1 Å². The molecule has 0 atom stereocenters. The molecule has 2 amide bonds. The van der Waals surface area contributed by atoms with Crippen LogP contribution in [0.1, 0.15) is 136 Å². The normalized spacial score (nSPS) is 11.1. The number of nitrogens with zero attached hydrogens (tertiary/aromatic N) is 4. The number of nitrogens with one attached hydrogen (secondary N) is 2. The fraction of sp³-hybridized carbons (Fsp3) is 0.556. The molecule has 4 rings (SSSR count). The summed E-state index contributed by atoms with van der Waals surface area (Å²) in [6, 6.07) is 6.69. The van der Waals surface area contributed by atoms with Gasteiger partial charge in [-0.15, -0.1) is 0 Å². The first-order valence-corrected chi connectivity index (χ1v) is 29.5. The number of hydrogen-bond donors (Lipinski definition) is 6. The monoisotopic (exact) mass is 1230 g/mol. The van der Waals surface area contributed by atoms with Crippen molar-refractivity contribution in [1.29, 1.82) is 0 Å². The lowest BCUT2D eigenvalue weighted by molar-refractivity contribution is -0.0294. The van der Waals surface area contributed by atoms with E-state index in [0.29, 0.717) is 67.8 Å². The van der Waals surface area contributed by atoms with Crippen molar-refractivity contribution < 1.29 is 81.2 Å². The number of ether oxygens (including phenoxy) is 5. The lowest BCUT2D eigenvalue weighted by Crippen LogP contribution is -2.29. The van der Waals surface area contributed by atoms with E-state index in [9.17, 15) is 40.4 Å². The van der Waals surface area contributed by atoms with Crippen molar-refractivity contribution in [3.8, 4) is 0 Å². The van der Waals surface area contributed by atoms with Crippen LogP contribution in [0.2, 0.25) is 0 Å². The van der Waals surface area contributed by atoms with Crippen LogP contribution in [0.25, 0.3) is 0 Å². The molecule has 0 aliphatic heterocycles. The molecule has 0 fully saturated rings. The van der Waals surface area contributed by atoms with E-state index in [0.717, 1.165) is 29.2 Å². The first-order chi connectivity index (χ1) is 38.5. The number of pyridine rings is 4. The molecule has 28 heteroatoms. The number of carbonyl (C=O) groups excluding carboxylic acids is 4. The second kappa shape index (κ2) is 42.3. The summed E-state index contributed by atoms with van der Waals surface area (Å²) in [5.74, 6) is 0. The maximum absolute atomic E-state index is 11.8. The van der Waals surface area contributed by atoms with Crippen molar-refractivity contribution in [1.82, 2.24) is 19.9 Å². The number of halogens is 2. The van der Waals surface area contributed by atoms with Crippen LogP contribution in [0.5, 0.6) is 0 Å². The Balaban J connectivity index is -0.000000464. The number of amides is 2. The van der Waals surface area contributed by atoms with Gasteiger partial charge in [0.1, 0.15) is 22.4 Å². The van der Waals surface area contributed by atoms with Crippen molar-refractivity contribution >= 4 is 77.1 Å². The van der Waals surface area contributed by atoms with E-state index in [4.69, 9.17) is 43.4 Å². The van der Waals surface area contributed by atoms with E-state index in [1.165, 1.54) is 6.20 Å². The van der Waals surface area contributed by atoms with Crippen LogP contribution >= 0.6 is 10.7 Å². The standard InChI is InChI=1S/C13H20N2O5S.C12H18N2O3.C10H18O5.C7H9FN2.C7H10N2O.2C2H6.CH3ClO2S/c1-13(2,3)20-12(16)15-11-5-7-14-9-10(11)6-8-19-21(4,17)18;1-12(2,3)17-11(16)14-10-4-6-13-8-9(10)5-7-15;1-9(2,3)14-7(11)13-8(12)15-10(4,5)6;8-3-1-6-5-10-4-2-7(6)9;8-7-1-3-9-5-6(7)2-4-10;2*1-2;1-5(2,3)4/h5,7,9H,6,8H2,1-4H3,(H,14,15,16);4,6,8,15H,5,7H2,1-3H3,(H,13,14,16);1-6H3;2,4-5H,1,3H2,(H2,9,10);1,3,5,10H,2,4H2,(H2,8,9);2*1-2H3;1H3/i;;;8-1;;2*1D;. The van der Waals surface area contributed by atoms with Crippen LogP contribution in [0.15, 0.2) is 73.8 Å². The summed E-state index contributed by atoms with van der Waals surface area (Å²) in [4.78, 5) is 60.9. The Bertz CT molecular complexity index is 2630. The number of nitrogens with two attached hydrogens (primary N) is 2. The molecule has 4 aromatic rings. The number of alkyl halides is 1. The molecular weight excluding hydrogens is 1130 g/mol. The van der Waals surface area contributed by atoms with Crippen molar-refractivity contribution in [3.63, 3.8) is 0 Å². The summed E-state index contributed by atoms with van der Waals surface area (Å²) in [6.07, 6.45) is 13.1. The number of aryl methyl sites for hydroxylation is 1. The average Bonchev–Trinajstić information content (AvgIpc) is 3.33. The van der Waals surface area contributed by atoms with Gasteiger partial charge in [-0.25, -0.2) is 27.6 Å². The third-order valence-corrected chi connectivity index (χ3v) is 8.30. The van der Waals surface area contributed by atoms with E-state index < -0.39 is 66.1 Å². The van der Waals surface area contributed by atoms with Crippen LogP contribution < -0.4 is 22.1 Å². The number of aliphatic hydroxyl groups is 2. The van der Waals surface area contributed by atoms with Gasteiger partial charge in [0.05, 0.1) is 37.2 Å². The molecule has 24 nitrogen and oxygen atoms in total. The van der Waals surface area contributed by atoms with E-state index in [1.807, 2.05) is 0 Å². The SMILES string of the molecule is CC(C)(C)OC(=O)Nc1ccncc1CCO.CC(C)(C)OC(=O)Nc1ccncc1CCOS(C)(=O)=O.CC(C)(C)OC(=O)OC(=O)OC(C)(C)C.CS(=O)(=O)Cl.Nc1ccncc1CCO.Nc1ccncc1CC[18F].[2H]CC.[2H]CC. The molecule has 0 spiro atoms. The van der Waals surface area contributed by atoms with E-state index in [-0.39, 0.29) is 26.5 Å². The Kier molecular flexibility index (Phi) is 40.0. The maximum atomic E-state index is 11.8. The van der Waals surface area contributed by atoms with E-state index in [2.05, 4.69) is 50.2 Å². The van der Waals surface area contributed by atoms with Crippen molar-refractivity contribution in [2.24, 2.45) is 0 Å². The lowest BCUT2D eigenvalue weighted by Gasteiger charge is -2.20. The zero-order valence-electron chi connectivity index (χ0n) is 52.1. The molecule has 4 heterocycles. The zero-order valence-corrected chi connectivity index (χ0v) is 52.5. The number of carbonyl (C=O) groups is 4. The summed E-state index contributed by atoms with van der Waals surface area (Å²) in [7, 11) is -2.18. The molecule has 0 unspecified atom stereocenters. The third-order valence-electron chi connectivity index (χ3n) is 7.70. The predicted molar refractivity (Wildman–Crippen MR) is 318 cm³/mol. The first-order valence-electron chi connectivity index (χ1n) is 26.4. The van der Waals surface area contributed by atoms with Gasteiger partial charge in [-0.2, -0.15) is 8.42 Å². The number of rotatable bonds is 12. The molecule has 4 aromatic heterocycles. The van der Waals surface area contributed by atoms with Gasteiger partial charge in [0.2, 0.25) is 9.05 Å². The quantitative estimate of drug-likeness (QED) is 0.0252. The van der Waals surface area contributed by atoms with Crippen LogP contribution in [-0.2, 0) is 72.7 Å². The first kappa shape index (κ1) is 77.5. The summed E-state index contributed by atoms with van der Waals surface area (Å²) in [5.41, 5.74) is 14.1. The van der Waals surface area contributed by atoms with Gasteiger partial charge in [0.15, 0.2) is 0 Å². The van der Waals surface area contributed by atoms with Crippen LogP contribution in [0.3, 0.4) is 0 Å². The smallest absolute Gasteiger partial charge is 0.444 e. The molecule has 0 aliphatic rings. The highest BCUT2D eigenvalue weighted by Crippen LogP contribution is 2.19. The van der Waals surface area contributed by atoms with Gasteiger partial charge >= 0.3 is 24.5 Å². The third kappa shape index (κ3) is 52.8. The number of nitrogen functional groups attached to an aromatic ring is 2. The molecule has 82 heavy (non-hydrogen) atoms. The fourth-order valence-corrected chi connectivity index (χ4v) is 5.26. The summed E-state index contributed by atoms with van der Waals surface area (Å²) in [6.45, 7) is 25.0. The summed E-state index contributed by atoms with van der Waals surface area (Å²) >= 11 is 0. The summed E-state index contributed by atoms with van der Waals surface area (Å²) in [5, 5.41) is 22.7. The Hall–Kier alpha value is -6.52. The molecule has 0 radical (unpaired) electrons. The van der Waals surface area contributed by atoms with Crippen LogP contribution in [0, 0.1) is 0 Å². The molecule has 8 N–H and O–H groups in total. The second-order valence-corrected chi connectivity index (χ2v) is 24.5. The number of aromatic nitrogens is 4. The highest BCUT2D eigenvalue weighted by atomic mass is 35.7. The number of aliphatic hydroxyl groups excluding tert-OH is 2. The largest absolute Gasteiger partial charge is 0.519 e. The van der Waals surface area contributed by atoms with Gasteiger partial charge in [0, 0.05) is 100 Å². The van der Waals surface area contributed by atoms with Gasteiger partial charge in [-0.05, 0) is 142 Å². The van der Waals surface area contributed by atoms with Crippen molar-refractivity contribution in [2.45, 2.75) is 159 Å². The Morgan fingerprint density at radius 3 is 1.16 bits per heavy atom. The molecule has 0 bridgehead atoms. The molecule has 468 valence electrons. The van der Waals surface area contributed by atoms with Gasteiger partial charge in [-0.3, -0.25) is 39.1 Å². The van der Waals surface area contributed by atoms with Crippen molar-refractivity contribution in [3.05, 3.63) is 96.1 Å². The molecular formula is C54H90ClFN8O16S2. The minimum absolute atomic E-state index is 0.00862. The highest BCUT2D eigenvalue weighted by Gasteiger charge is 2.24. The van der Waals surface area contributed by atoms with Gasteiger partial charge < -0.3 is 45.4 Å². The Morgan fingerprint density at radius 2 is 0.866 bits per heavy atom. The molecule has 0 aliphatic carbocycles. The molecule has 0 saturated heterocycles. The topological polar surface area (TPSA) is 360 Å².